The number of esters is 1. The van der Waals surface area contributed by atoms with E-state index in [2.05, 4.69) is 31.4 Å². The highest BCUT2D eigenvalue weighted by molar-refractivity contribution is 7.80. The monoisotopic (exact) mass is 474 g/mol. The number of thiophene rings is 1. The average Bonchev–Trinajstić information content (AvgIpc) is 3.10. The van der Waals surface area contributed by atoms with Crippen LogP contribution < -0.4 is 15.4 Å². The molecule has 1 aromatic carbocycles. The predicted octanol–water partition coefficient (Wildman–Crippen LogP) is 5.21. The molecule has 6 nitrogen and oxygen atoms in total. The standard InChI is InChI=1S/C24H30N2O4S2/c1-6-30-16-10-7-14(8-11-16)20(27)25-23(31)26-21-19(22(28)29-5)17-12-9-15(24(2,3)4)13-18(17)32-21/h7-8,10-11,15H,6,9,12-13H2,1-5H3,(H2,25,26,27,31). The van der Waals surface area contributed by atoms with Gasteiger partial charge in [0.2, 0.25) is 0 Å². The first-order valence-corrected chi connectivity index (χ1v) is 11.9. The first kappa shape index (κ1) is 24.2. The minimum atomic E-state index is -0.389. The Morgan fingerprint density at radius 2 is 1.91 bits per heavy atom. The van der Waals surface area contributed by atoms with Crippen LogP contribution in [0.2, 0.25) is 0 Å². The Hall–Kier alpha value is -2.45. The van der Waals surface area contributed by atoms with Gasteiger partial charge in [-0.25, -0.2) is 4.79 Å². The predicted molar refractivity (Wildman–Crippen MR) is 132 cm³/mol. The van der Waals surface area contributed by atoms with Crippen LogP contribution in [0.5, 0.6) is 5.75 Å². The fraction of sp³-hybridized carbons (Fsp3) is 0.458. The van der Waals surface area contributed by atoms with Crippen molar-refractivity contribution < 1.29 is 19.1 Å². The molecule has 1 aromatic heterocycles. The summed E-state index contributed by atoms with van der Waals surface area (Å²) in [4.78, 5) is 26.3. The Bertz CT molecular complexity index is 1010. The second-order valence-corrected chi connectivity index (χ2v) is 10.4. The maximum Gasteiger partial charge on any atom is 0.341 e. The van der Waals surface area contributed by atoms with Gasteiger partial charge in [-0.05, 0) is 79.6 Å². The van der Waals surface area contributed by atoms with Crippen molar-refractivity contribution in [3.05, 3.63) is 45.8 Å². The number of benzene rings is 1. The summed E-state index contributed by atoms with van der Waals surface area (Å²) < 4.78 is 10.4. The molecule has 0 saturated carbocycles. The largest absolute Gasteiger partial charge is 0.494 e. The molecule has 32 heavy (non-hydrogen) atoms. The van der Waals surface area contributed by atoms with E-state index in [0.717, 1.165) is 24.8 Å². The van der Waals surface area contributed by atoms with Gasteiger partial charge in [-0.15, -0.1) is 11.3 Å². The van der Waals surface area contributed by atoms with Crippen LogP contribution >= 0.6 is 23.6 Å². The van der Waals surface area contributed by atoms with Crippen LogP contribution in [0, 0.1) is 11.3 Å². The van der Waals surface area contributed by atoms with Crippen LogP contribution in [0.3, 0.4) is 0 Å². The summed E-state index contributed by atoms with van der Waals surface area (Å²) in [5, 5.41) is 6.51. The zero-order valence-corrected chi connectivity index (χ0v) is 20.8. The number of anilines is 1. The molecule has 1 amide bonds. The summed E-state index contributed by atoms with van der Waals surface area (Å²) >= 11 is 6.89. The van der Waals surface area contributed by atoms with E-state index in [1.807, 2.05) is 6.92 Å². The van der Waals surface area contributed by atoms with Gasteiger partial charge >= 0.3 is 5.97 Å². The summed E-state index contributed by atoms with van der Waals surface area (Å²) in [6.45, 7) is 9.22. The SMILES string of the molecule is CCOc1ccc(C(=O)NC(=S)Nc2sc3c(c2C(=O)OC)CCC(C(C)(C)C)C3)cc1. The van der Waals surface area contributed by atoms with Gasteiger partial charge in [0.1, 0.15) is 10.8 Å². The maximum atomic E-state index is 12.6. The molecule has 1 unspecified atom stereocenters. The van der Waals surface area contributed by atoms with E-state index < -0.39 is 0 Å². The molecule has 1 aliphatic rings. The number of thiocarbonyl (C=S) groups is 1. The summed E-state index contributed by atoms with van der Waals surface area (Å²) in [5.41, 5.74) is 2.22. The van der Waals surface area contributed by atoms with Crippen LogP contribution in [0.4, 0.5) is 5.00 Å². The van der Waals surface area contributed by atoms with Crippen LogP contribution in [0.25, 0.3) is 0 Å². The van der Waals surface area contributed by atoms with E-state index >= 15 is 0 Å². The number of carbonyl (C=O) groups is 2. The van der Waals surface area contributed by atoms with Crippen molar-refractivity contribution in [2.45, 2.75) is 47.0 Å². The lowest BCUT2D eigenvalue weighted by Gasteiger charge is -2.33. The van der Waals surface area contributed by atoms with Crippen LogP contribution in [-0.2, 0) is 17.6 Å². The van der Waals surface area contributed by atoms with Crippen molar-refractivity contribution in [2.75, 3.05) is 19.0 Å². The zero-order valence-electron chi connectivity index (χ0n) is 19.2. The summed E-state index contributed by atoms with van der Waals surface area (Å²) in [6, 6.07) is 6.84. The molecule has 0 fully saturated rings. The maximum absolute atomic E-state index is 12.6. The quantitative estimate of drug-likeness (QED) is 0.458. The first-order chi connectivity index (χ1) is 15.1. The Balaban J connectivity index is 1.76. The lowest BCUT2D eigenvalue weighted by molar-refractivity contribution is 0.0600. The lowest BCUT2D eigenvalue weighted by Crippen LogP contribution is -2.34. The van der Waals surface area contributed by atoms with Crippen molar-refractivity contribution in [3.8, 4) is 5.75 Å². The van der Waals surface area contributed by atoms with Gasteiger partial charge in [0.15, 0.2) is 5.11 Å². The van der Waals surface area contributed by atoms with E-state index in [1.54, 1.807) is 24.3 Å². The zero-order chi connectivity index (χ0) is 23.5. The van der Waals surface area contributed by atoms with Crippen molar-refractivity contribution in [2.24, 2.45) is 11.3 Å². The molecule has 0 spiro atoms. The average molecular weight is 475 g/mol. The fourth-order valence-corrected chi connectivity index (χ4v) is 5.49. The molecule has 0 bridgehead atoms. The molecule has 1 heterocycles. The second kappa shape index (κ2) is 10.0. The van der Waals surface area contributed by atoms with Crippen LogP contribution in [0.1, 0.15) is 65.3 Å². The van der Waals surface area contributed by atoms with Crippen LogP contribution in [0.15, 0.2) is 24.3 Å². The van der Waals surface area contributed by atoms with Crippen molar-refractivity contribution in [1.29, 1.82) is 0 Å². The topological polar surface area (TPSA) is 76.7 Å². The molecule has 1 atom stereocenters. The molecule has 2 aromatic rings. The molecule has 1 aliphatic carbocycles. The third-order valence-corrected chi connectivity index (χ3v) is 7.14. The van der Waals surface area contributed by atoms with Crippen molar-refractivity contribution in [3.63, 3.8) is 0 Å². The highest BCUT2D eigenvalue weighted by Crippen LogP contribution is 2.44. The number of nitrogens with one attached hydrogen (secondary N) is 2. The second-order valence-electron chi connectivity index (χ2n) is 8.87. The van der Waals surface area contributed by atoms with E-state index in [-0.39, 0.29) is 22.4 Å². The summed E-state index contributed by atoms with van der Waals surface area (Å²) in [6.07, 6.45) is 2.77. The number of hydrogen-bond acceptors (Lipinski definition) is 6. The first-order valence-electron chi connectivity index (χ1n) is 10.7. The van der Waals surface area contributed by atoms with Crippen molar-refractivity contribution in [1.82, 2.24) is 5.32 Å². The number of ether oxygens (including phenoxy) is 2. The third kappa shape index (κ3) is 5.48. The van der Waals surface area contributed by atoms with E-state index in [0.29, 0.717) is 34.4 Å². The smallest absolute Gasteiger partial charge is 0.341 e. The number of fused-ring (bicyclic) bond motifs is 1. The number of rotatable bonds is 5. The molecule has 3 rings (SSSR count). The Morgan fingerprint density at radius 1 is 1.22 bits per heavy atom. The molecule has 2 N–H and O–H groups in total. The van der Waals surface area contributed by atoms with Gasteiger partial charge in [0.25, 0.3) is 5.91 Å². The molecule has 0 saturated heterocycles. The number of methoxy groups -OCH3 is 1. The Morgan fingerprint density at radius 3 is 2.50 bits per heavy atom. The molecule has 0 aliphatic heterocycles. The van der Waals surface area contributed by atoms with E-state index in [4.69, 9.17) is 21.7 Å². The molecule has 8 heteroatoms. The minimum Gasteiger partial charge on any atom is -0.494 e. The van der Waals surface area contributed by atoms with Gasteiger partial charge in [-0.2, -0.15) is 0 Å². The van der Waals surface area contributed by atoms with Gasteiger partial charge < -0.3 is 14.8 Å². The number of carbonyl (C=O) groups excluding carboxylic acids is 2. The third-order valence-electron chi connectivity index (χ3n) is 5.76. The normalized spacial score (nSPS) is 15.5. The molecule has 172 valence electrons. The van der Waals surface area contributed by atoms with E-state index in [9.17, 15) is 9.59 Å². The van der Waals surface area contributed by atoms with Gasteiger partial charge in [0, 0.05) is 10.4 Å². The highest BCUT2D eigenvalue weighted by atomic mass is 32.1. The van der Waals surface area contributed by atoms with Gasteiger partial charge in [-0.3, -0.25) is 10.1 Å². The van der Waals surface area contributed by atoms with Crippen molar-refractivity contribution >= 4 is 45.5 Å². The van der Waals surface area contributed by atoms with Gasteiger partial charge in [0.05, 0.1) is 19.3 Å². The molecule has 0 radical (unpaired) electrons. The minimum absolute atomic E-state index is 0.139. The molecular formula is C24H30N2O4S2. The summed E-state index contributed by atoms with van der Waals surface area (Å²) in [7, 11) is 1.38. The Kier molecular flexibility index (Phi) is 7.56. The summed E-state index contributed by atoms with van der Waals surface area (Å²) in [5.74, 6) is 0.516. The van der Waals surface area contributed by atoms with E-state index in [1.165, 1.54) is 23.3 Å². The fourth-order valence-electron chi connectivity index (χ4n) is 3.91. The van der Waals surface area contributed by atoms with Crippen LogP contribution in [-0.4, -0.2) is 30.7 Å². The van der Waals surface area contributed by atoms with Gasteiger partial charge in [-0.1, -0.05) is 20.8 Å². The highest BCUT2D eigenvalue weighted by Gasteiger charge is 2.34. The number of hydrogen-bond donors (Lipinski definition) is 2. The molecular weight excluding hydrogens is 444 g/mol. The number of amides is 1. The lowest BCUT2D eigenvalue weighted by atomic mass is 9.72. The Labute approximate surface area is 198 Å².